The van der Waals surface area contributed by atoms with Gasteiger partial charge in [0.15, 0.2) is 0 Å². The van der Waals surface area contributed by atoms with Gasteiger partial charge in [-0.25, -0.2) is 4.39 Å². The lowest BCUT2D eigenvalue weighted by atomic mass is 10.1. The number of carbonyl (C=O) groups is 1. The van der Waals surface area contributed by atoms with Gasteiger partial charge in [-0.3, -0.25) is 4.79 Å². The minimum Gasteiger partial charge on any atom is -0.507 e. The maximum atomic E-state index is 13.9. The SMILES string of the molecule is Cc1cc(N=Nc2cc(C(=O)Sc3ccccc3F)cc(N(C)C)c2)cc(C)c1O. The highest BCUT2D eigenvalue weighted by Gasteiger charge is 2.14. The first-order valence-corrected chi connectivity index (χ1v) is 10.1. The molecule has 0 radical (unpaired) electrons. The van der Waals surface area contributed by atoms with Crippen LogP contribution in [0, 0.1) is 19.7 Å². The Morgan fingerprint density at radius 1 is 0.967 bits per heavy atom. The maximum Gasteiger partial charge on any atom is 0.224 e. The van der Waals surface area contributed by atoms with E-state index in [1.54, 1.807) is 56.3 Å². The Bertz CT molecular complexity index is 1110. The summed E-state index contributed by atoms with van der Waals surface area (Å²) in [6, 6.07) is 14.8. The summed E-state index contributed by atoms with van der Waals surface area (Å²) in [5.41, 5.74) is 3.71. The van der Waals surface area contributed by atoms with Crippen molar-refractivity contribution in [2.75, 3.05) is 19.0 Å². The van der Waals surface area contributed by atoms with Crippen LogP contribution in [0.4, 0.5) is 21.5 Å². The number of rotatable bonds is 5. The largest absolute Gasteiger partial charge is 0.507 e. The normalized spacial score (nSPS) is 11.1. The highest BCUT2D eigenvalue weighted by molar-refractivity contribution is 8.14. The van der Waals surface area contributed by atoms with Crippen molar-refractivity contribution < 1.29 is 14.3 Å². The average Bonchev–Trinajstić information content (AvgIpc) is 2.71. The van der Waals surface area contributed by atoms with Gasteiger partial charge in [0.25, 0.3) is 0 Å². The minimum absolute atomic E-state index is 0.238. The van der Waals surface area contributed by atoms with Crippen molar-refractivity contribution in [3.8, 4) is 5.75 Å². The predicted octanol–water partition coefficient (Wildman–Crippen LogP) is 6.56. The smallest absolute Gasteiger partial charge is 0.224 e. The lowest BCUT2D eigenvalue weighted by Gasteiger charge is -2.14. The van der Waals surface area contributed by atoms with E-state index in [1.165, 1.54) is 6.07 Å². The molecule has 5 nitrogen and oxygen atoms in total. The van der Waals surface area contributed by atoms with E-state index in [1.807, 2.05) is 25.1 Å². The lowest BCUT2D eigenvalue weighted by molar-refractivity contribution is 0.108. The van der Waals surface area contributed by atoms with Gasteiger partial charge in [0.05, 0.1) is 16.3 Å². The fourth-order valence-corrected chi connectivity index (χ4v) is 3.57. The molecule has 0 aliphatic rings. The molecule has 0 atom stereocenters. The van der Waals surface area contributed by atoms with Crippen LogP contribution >= 0.6 is 11.8 Å². The second kappa shape index (κ2) is 9.09. The molecule has 0 saturated carbocycles. The number of hydrogen-bond acceptors (Lipinski definition) is 6. The zero-order valence-electron chi connectivity index (χ0n) is 17.2. The number of hydrogen-bond donors (Lipinski definition) is 1. The molecule has 0 saturated heterocycles. The lowest BCUT2D eigenvalue weighted by Crippen LogP contribution is -2.09. The summed E-state index contributed by atoms with van der Waals surface area (Å²) in [7, 11) is 3.72. The van der Waals surface area contributed by atoms with E-state index in [9.17, 15) is 14.3 Å². The molecule has 0 heterocycles. The van der Waals surface area contributed by atoms with Gasteiger partial charge in [0, 0.05) is 25.3 Å². The van der Waals surface area contributed by atoms with Crippen LogP contribution < -0.4 is 4.90 Å². The van der Waals surface area contributed by atoms with E-state index in [0.717, 1.165) is 17.4 Å². The Hall–Kier alpha value is -3.19. The van der Waals surface area contributed by atoms with Crippen molar-refractivity contribution in [3.05, 3.63) is 77.1 Å². The number of azo groups is 1. The Labute approximate surface area is 179 Å². The van der Waals surface area contributed by atoms with Crippen LogP contribution in [0.25, 0.3) is 0 Å². The summed E-state index contributed by atoms with van der Waals surface area (Å²) in [5, 5.41) is 18.2. The monoisotopic (exact) mass is 423 g/mol. The van der Waals surface area contributed by atoms with Crippen LogP contribution in [-0.4, -0.2) is 24.3 Å². The van der Waals surface area contributed by atoms with Crippen LogP contribution in [-0.2, 0) is 0 Å². The Balaban J connectivity index is 1.93. The third-order valence-electron chi connectivity index (χ3n) is 4.45. The highest BCUT2D eigenvalue weighted by atomic mass is 32.2. The van der Waals surface area contributed by atoms with Gasteiger partial charge in [0.1, 0.15) is 11.6 Å². The van der Waals surface area contributed by atoms with E-state index in [0.29, 0.717) is 28.1 Å². The summed E-state index contributed by atoms with van der Waals surface area (Å²) in [6.45, 7) is 3.59. The number of phenols is 1. The number of thioether (sulfide) groups is 1. The van der Waals surface area contributed by atoms with Gasteiger partial charge in [0.2, 0.25) is 5.12 Å². The number of aryl methyl sites for hydroxylation is 2. The summed E-state index contributed by atoms with van der Waals surface area (Å²) in [5.74, 6) is -0.195. The van der Waals surface area contributed by atoms with E-state index in [-0.39, 0.29) is 15.8 Å². The molecule has 3 aromatic rings. The van der Waals surface area contributed by atoms with Gasteiger partial charge >= 0.3 is 0 Å². The molecule has 0 aliphatic carbocycles. The first kappa shape index (κ1) is 21.5. The third kappa shape index (κ3) is 5.04. The fraction of sp³-hybridized carbons (Fsp3) is 0.174. The Morgan fingerprint density at radius 3 is 2.17 bits per heavy atom. The highest BCUT2D eigenvalue weighted by Crippen LogP contribution is 2.32. The van der Waals surface area contributed by atoms with E-state index >= 15 is 0 Å². The third-order valence-corrected chi connectivity index (χ3v) is 5.42. The second-order valence-electron chi connectivity index (χ2n) is 7.08. The zero-order valence-corrected chi connectivity index (χ0v) is 18.0. The summed E-state index contributed by atoms with van der Waals surface area (Å²) in [4.78, 5) is 14.9. The predicted molar refractivity (Wildman–Crippen MR) is 119 cm³/mol. The van der Waals surface area contributed by atoms with Crippen molar-refractivity contribution in [3.63, 3.8) is 0 Å². The molecule has 0 spiro atoms. The fourth-order valence-electron chi connectivity index (χ4n) is 2.82. The molecule has 3 aromatic carbocycles. The summed E-state index contributed by atoms with van der Waals surface area (Å²) < 4.78 is 13.9. The van der Waals surface area contributed by atoms with Crippen molar-refractivity contribution in [1.29, 1.82) is 0 Å². The number of nitrogens with zero attached hydrogens (tertiary/aromatic N) is 3. The van der Waals surface area contributed by atoms with Crippen LogP contribution in [0.2, 0.25) is 0 Å². The average molecular weight is 424 g/mol. The number of aromatic hydroxyl groups is 1. The zero-order chi connectivity index (χ0) is 21.8. The number of phenolic OH excluding ortho intramolecular Hbond substituents is 1. The van der Waals surface area contributed by atoms with Gasteiger partial charge in [-0.2, -0.15) is 10.2 Å². The van der Waals surface area contributed by atoms with Crippen molar-refractivity contribution in [1.82, 2.24) is 0 Å². The first-order chi connectivity index (χ1) is 14.2. The van der Waals surface area contributed by atoms with Gasteiger partial charge in [-0.1, -0.05) is 12.1 Å². The number of carbonyl (C=O) groups excluding carboxylic acids is 1. The van der Waals surface area contributed by atoms with Gasteiger partial charge in [-0.15, -0.1) is 0 Å². The molecule has 1 N–H and O–H groups in total. The second-order valence-corrected chi connectivity index (χ2v) is 8.10. The van der Waals surface area contributed by atoms with Gasteiger partial charge < -0.3 is 10.0 Å². The van der Waals surface area contributed by atoms with Crippen LogP contribution in [0.3, 0.4) is 0 Å². The topological polar surface area (TPSA) is 65.3 Å². The molecule has 0 aromatic heterocycles. The molecule has 7 heteroatoms. The van der Waals surface area contributed by atoms with Crippen LogP contribution in [0.15, 0.2) is 69.7 Å². The molecule has 0 bridgehead atoms. The summed E-state index contributed by atoms with van der Waals surface area (Å²) in [6.07, 6.45) is 0. The van der Waals surface area contributed by atoms with E-state index < -0.39 is 5.82 Å². The number of benzene rings is 3. The molecule has 3 rings (SSSR count). The van der Waals surface area contributed by atoms with E-state index in [4.69, 9.17) is 0 Å². The molecule has 0 amide bonds. The van der Waals surface area contributed by atoms with E-state index in [2.05, 4.69) is 10.2 Å². The molecule has 30 heavy (non-hydrogen) atoms. The van der Waals surface area contributed by atoms with Crippen molar-refractivity contribution in [2.24, 2.45) is 10.2 Å². The number of halogens is 1. The molecule has 0 unspecified atom stereocenters. The molecule has 0 fully saturated rings. The standard InChI is InChI=1S/C23H22FN3O2S/c1-14-9-17(10-15(2)22(14)28)25-26-18-11-16(12-19(13-18)27(3)4)23(29)30-21-8-6-5-7-20(21)24/h5-13,28H,1-4H3. The molecular weight excluding hydrogens is 401 g/mol. The van der Waals surface area contributed by atoms with Crippen molar-refractivity contribution in [2.45, 2.75) is 18.7 Å². The van der Waals surface area contributed by atoms with Gasteiger partial charge in [-0.05, 0) is 79.2 Å². The molecule has 0 aliphatic heterocycles. The minimum atomic E-state index is -0.433. The molecule has 154 valence electrons. The Morgan fingerprint density at radius 2 is 1.57 bits per heavy atom. The first-order valence-electron chi connectivity index (χ1n) is 9.25. The quantitative estimate of drug-likeness (QED) is 0.373. The van der Waals surface area contributed by atoms with Crippen LogP contribution in [0.1, 0.15) is 21.5 Å². The Kier molecular flexibility index (Phi) is 6.52. The maximum absolute atomic E-state index is 13.9. The van der Waals surface area contributed by atoms with Crippen molar-refractivity contribution >= 4 is 33.9 Å². The van der Waals surface area contributed by atoms with Crippen LogP contribution in [0.5, 0.6) is 5.75 Å². The molecular formula is C23H22FN3O2S. The summed E-state index contributed by atoms with van der Waals surface area (Å²) >= 11 is 0.840. The number of anilines is 1.